The highest BCUT2D eigenvalue weighted by Crippen LogP contribution is 2.32. The summed E-state index contributed by atoms with van der Waals surface area (Å²) in [6.07, 6.45) is 6.94. The van der Waals surface area contributed by atoms with Crippen LogP contribution in [0.3, 0.4) is 0 Å². The second-order valence-corrected chi connectivity index (χ2v) is 8.90. The number of carboxylic acids is 1. The van der Waals surface area contributed by atoms with Crippen LogP contribution < -0.4 is 10.6 Å². The number of rotatable bonds is 8. The van der Waals surface area contributed by atoms with E-state index in [1.165, 1.54) is 19.8 Å². The molecule has 33 heavy (non-hydrogen) atoms. The Morgan fingerprint density at radius 3 is 2.42 bits per heavy atom. The molecule has 1 aliphatic carbocycles. The quantitative estimate of drug-likeness (QED) is 0.439. The van der Waals surface area contributed by atoms with Crippen molar-refractivity contribution in [3.05, 3.63) is 58.4 Å². The van der Waals surface area contributed by atoms with E-state index in [1.807, 2.05) is 45.0 Å². The molecule has 0 aromatic heterocycles. The van der Waals surface area contributed by atoms with Crippen LogP contribution in [-0.4, -0.2) is 29.1 Å². The van der Waals surface area contributed by atoms with Gasteiger partial charge in [0.15, 0.2) is 0 Å². The molecule has 0 aliphatic heterocycles. The largest absolute Gasteiger partial charge is 0.480 e. The Bertz CT molecular complexity index is 1070. The van der Waals surface area contributed by atoms with Crippen LogP contribution in [0.4, 0.5) is 10.1 Å². The molecular weight excluding hydrogens is 419 g/mol. The number of anilines is 1. The van der Waals surface area contributed by atoms with E-state index in [0.717, 1.165) is 40.8 Å². The third kappa shape index (κ3) is 6.01. The molecule has 0 spiro atoms. The van der Waals surface area contributed by atoms with Gasteiger partial charge in [0.1, 0.15) is 11.9 Å². The van der Waals surface area contributed by atoms with Crippen LogP contribution in [0, 0.1) is 19.7 Å². The summed E-state index contributed by atoms with van der Waals surface area (Å²) < 4.78 is 15.0. The minimum Gasteiger partial charge on any atom is -0.480 e. The van der Waals surface area contributed by atoms with Crippen molar-refractivity contribution in [3.8, 4) is 11.1 Å². The molecule has 0 bridgehead atoms. The smallest absolute Gasteiger partial charge is 0.325 e. The van der Waals surface area contributed by atoms with Gasteiger partial charge in [-0.25, -0.2) is 4.39 Å². The Kier molecular flexibility index (Phi) is 7.90. The first kappa shape index (κ1) is 24.5. The fourth-order valence-electron chi connectivity index (χ4n) is 4.28. The molecule has 0 radical (unpaired) electrons. The van der Waals surface area contributed by atoms with Crippen molar-refractivity contribution in [2.75, 3.05) is 5.32 Å². The van der Waals surface area contributed by atoms with E-state index in [4.69, 9.17) is 5.11 Å². The number of hydrogen-bond acceptors (Lipinski definition) is 3. The summed E-state index contributed by atoms with van der Waals surface area (Å²) in [5.74, 6) is -1.74. The van der Waals surface area contributed by atoms with Crippen molar-refractivity contribution in [2.45, 2.75) is 71.9 Å². The highest BCUT2D eigenvalue weighted by atomic mass is 19.1. The van der Waals surface area contributed by atoms with Crippen molar-refractivity contribution in [1.82, 2.24) is 5.32 Å². The predicted molar refractivity (Wildman–Crippen MR) is 131 cm³/mol. The summed E-state index contributed by atoms with van der Waals surface area (Å²) in [5.41, 5.74) is 5.33. The zero-order chi connectivity index (χ0) is 24.1. The van der Waals surface area contributed by atoms with E-state index in [-0.39, 0.29) is 5.82 Å². The first-order chi connectivity index (χ1) is 15.7. The number of carbonyl (C=O) groups excluding carboxylic acids is 1. The fraction of sp³-hybridized carbons (Fsp3) is 0.407. The van der Waals surface area contributed by atoms with E-state index in [2.05, 4.69) is 10.6 Å². The number of aryl methyl sites for hydroxylation is 2. The Morgan fingerprint density at radius 1 is 1.12 bits per heavy atom. The number of halogens is 1. The van der Waals surface area contributed by atoms with Gasteiger partial charge in [-0.3, -0.25) is 9.59 Å². The van der Waals surface area contributed by atoms with Gasteiger partial charge < -0.3 is 15.7 Å². The van der Waals surface area contributed by atoms with Gasteiger partial charge in [0.2, 0.25) is 5.91 Å². The van der Waals surface area contributed by atoms with Gasteiger partial charge in [0.05, 0.1) is 0 Å². The SMILES string of the molecule is CCC(=Cc1cc(C)c(-c2ccc(NC3CCCC3)cc2F)cc1C)C(=O)N[C@H](C)C(=O)O. The van der Waals surface area contributed by atoms with Gasteiger partial charge in [-0.2, -0.15) is 0 Å². The molecule has 3 N–H and O–H groups in total. The van der Waals surface area contributed by atoms with Crippen molar-refractivity contribution in [2.24, 2.45) is 0 Å². The minimum absolute atomic E-state index is 0.264. The molecule has 6 heteroatoms. The molecular formula is C27H33FN2O3. The molecule has 2 aromatic rings. The summed E-state index contributed by atoms with van der Waals surface area (Å²) in [6.45, 7) is 7.13. The van der Waals surface area contributed by atoms with Crippen molar-refractivity contribution < 1.29 is 19.1 Å². The average Bonchev–Trinajstić information content (AvgIpc) is 3.27. The number of nitrogens with one attached hydrogen (secondary N) is 2. The van der Waals surface area contributed by atoms with Crippen molar-refractivity contribution in [3.63, 3.8) is 0 Å². The fourth-order valence-corrected chi connectivity index (χ4v) is 4.28. The molecule has 0 saturated heterocycles. The second-order valence-electron chi connectivity index (χ2n) is 8.90. The lowest BCUT2D eigenvalue weighted by Gasteiger charge is -2.16. The second kappa shape index (κ2) is 10.6. The lowest BCUT2D eigenvalue weighted by molar-refractivity contribution is -0.140. The molecule has 0 unspecified atom stereocenters. The number of benzene rings is 2. The normalized spacial score (nSPS) is 15.4. The molecule has 1 aliphatic rings. The monoisotopic (exact) mass is 452 g/mol. The maximum atomic E-state index is 15.0. The summed E-state index contributed by atoms with van der Waals surface area (Å²) in [6, 6.07) is 8.66. The highest BCUT2D eigenvalue weighted by Gasteiger charge is 2.18. The Morgan fingerprint density at radius 2 is 1.82 bits per heavy atom. The van der Waals surface area contributed by atoms with E-state index < -0.39 is 17.9 Å². The Balaban J connectivity index is 1.85. The maximum Gasteiger partial charge on any atom is 0.325 e. The first-order valence-electron chi connectivity index (χ1n) is 11.6. The Labute approximate surface area is 195 Å². The van der Waals surface area contributed by atoms with Crippen LogP contribution in [0.2, 0.25) is 0 Å². The lowest BCUT2D eigenvalue weighted by Crippen LogP contribution is -2.39. The average molecular weight is 453 g/mol. The number of amides is 1. The molecule has 3 rings (SSSR count). The van der Waals surface area contributed by atoms with Crippen LogP contribution in [-0.2, 0) is 9.59 Å². The van der Waals surface area contributed by atoms with Crippen molar-refractivity contribution >= 4 is 23.6 Å². The van der Waals surface area contributed by atoms with Gasteiger partial charge in [0.25, 0.3) is 0 Å². The number of hydrogen-bond donors (Lipinski definition) is 3. The van der Waals surface area contributed by atoms with Gasteiger partial charge in [-0.1, -0.05) is 31.9 Å². The summed E-state index contributed by atoms with van der Waals surface area (Å²) in [7, 11) is 0. The topological polar surface area (TPSA) is 78.4 Å². The van der Waals surface area contributed by atoms with Gasteiger partial charge in [-0.05, 0) is 86.6 Å². The van der Waals surface area contributed by atoms with Crippen LogP contribution >= 0.6 is 0 Å². The zero-order valence-electron chi connectivity index (χ0n) is 19.8. The van der Waals surface area contributed by atoms with Crippen molar-refractivity contribution in [1.29, 1.82) is 0 Å². The minimum atomic E-state index is -1.08. The Hall–Kier alpha value is -3.15. The molecule has 2 aromatic carbocycles. The summed E-state index contributed by atoms with van der Waals surface area (Å²) in [4.78, 5) is 23.5. The molecule has 5 nitrogen and oxygen atoms in total. The molecule has 0 heterocycles. The van der Waals surface area contributed by atoms with Gasteiger partial charge in [-0.15, -0.1) is 0 Å². The molecule has 176 valence electrons. The van der Waals surface area contributed by atoms with E-state index in [9.17, 15) is 9.59 Å². The molecule has 1 saturated carbocycles. The lowest BCUT2D eigenvalue weighted by atomic mass is 9.93. The number of aliphatic carboxylic acids is 1. The van der Waals surface area contributed by atoms with Crippen LogP contribution in [0.25, 0.3) is 17.2 Å². The third-order valence-electron chi connectivity index (χ3n) is 6.32. The van der Waals surface area contributed by atoms with Gasteiger partial charge in [0, 0.05) is 22.9 Å². The standard InChI is InChI=1S/C27H33FN2O3/c1-5-19(26(31)29-18(4)27(32)33)14-20-12-17(3)24(13-16(20)2)23-11-10-22(15-25(23)28)30-21-8-6-7-9-21/h10-15,18,21,30H,5-9H2,1-4H3,(H,29,31)(H,32,33)/t18-/m1/s1. The number of carbonyl (C=O) groups is 2. The predicted octanol–water partition coefficient (Wildman–Crippen LogP) is 5.85. The third-order valence-corrected chi connectivity index (χ3v) is 6.32. The number of carboxylic acid groups (broad SMARTS) is 1. The van der Waals surface area contributed by atoms with E-state index >= 15 is 4.39 Å². The first-order valence-corrected chi connectivity index (χ1v) is 11.6. The molecule has 1 amide bonds. The van der Waals surface area contributed by atoms with Crippen LogP contribution in [0.5, 0.6) is 0 Å². The summed E-state index contributed by atoms with van der Waals surface area (Å²) >= 11 is 0. The molecule has 1 atom stereocenters. The zero-order valence-corrected chi connectivity index (χ0v) is 19.8. The van der Waals surface area contributed by atoms with Crippen LogP contribution in [0.1, 0.15) is 62.6 Å². The maximum absolute atomic E-state index is 15.0. The van der Waals surface area contributed by atoms with Gasteiger partial charge >= 0.3 is 5.97 Å². The van der Waals surface area contributed by atoms with E-state index in [0.29, 0.717) is 23.6 Å². The van der Waals surface area contributed by atoms with Crippen LogP contribution in [0.15, 0.2) is 35.9 Å². The molecule has 1 fully saturated rings. The van der Waals surface area contributed by atoms with E-state index in [1.54, 1.807) is 12.1 Å². The summed E-state index contributed by atoms with van der Waals surface area (Å²) in [5, 5.41) is 15.0. The highest BCUT2D eigenvalue weighted by molar-refractivity contribution is 5.99.